The van der Waals surface area contributed by atoms with Gasteiger partial charge in [-0.3, -0.25) is 4.90 Å². The van der Waals surface area contributed by atoms with Gasteiger partial charge in [0.2, 0.25) is 10.0 Å². The third-order valence-electron chi connectivity index (χ3n) is 4.71. The summed E-state index contributed by atoms with van der Waals surface area (Å²) in [7, 11) is -3.44. The van der Waals surface area contributed by atoms with Gasteiger partial charge in [-0.1, -0.05) is 26.0 Å². The Morgan fingerprint density at radius 1 is 1.13 bits per heavy atom. The van der Waals surface area contributed by atoms with E-state index in [9.17, 15) is 8.42 Å². The summed E-state index contributed by atoms with van der Waals surface area (Å²) in [5.74, 6) is 0.433. The van der Waals surface area contributed by atoms with Gasteiger partial charge < -0.3 is 0 Å². The van der Waals surface area contributed by atoms with Crippen molar-refractivity contribution in [1.29, 1.82) is 5.26 Å². The molecule has 1 aliphatic heterocycles. The van der Waals surface area contributed by atoms with Crippen molar-refractivity contribution in [3.63, 3.8) is 0 Å². The summed E-state index contributed by atoms with van der Waals surface area (Å²) in [6, 6.07) is 9.27. The first-order valence-corrected chi connectivity index (χ1v) is 9.58. The van der Waals surface area contributed by atoms with Gasteiger partial charge in [0.15, 0.2) is 0 Å². The van der Waals surface area contributed by atoms with Gasteiger partial charge in [-0.05, 0) is 37.0 Å². The van der Waals surface area contributed by atoms with Gasteiger partial charge in [-0.15, -0.1) is 0 Å². The van der Waals surface area contributed by atoms with Gasteiger partial charge in [-0.2, -0.15) is 9.57 Å². The molecule has 0 spiro atoms. The molecule has 6 heteroatoms. The summed E-state index contributed by atoms with van der Waals surface area (Å²) < 4.78 is 27.0. The SMILES string of the molecule is CC[C@@H](C)c1ccc(S(=O)(=O)N2CCN([C@H](C)C#N)CC2)cc1. The Kier molecular flexibility index (Phi) is 5.79. The minimum absolute atomic E-state index is 0.172. The summed E-state index contributed by atoms with van der Waals surface area (Å²) in [4.78, 5) is 2.37. The Bertz CT molecular complexity index is 656. The maximum absolute atomic E-state index is 12.7. The van der Waals surface area contributed by atoms with Crippen LogP contribution >= 0.6 is 0 Å². The van der Waals surface area contributed by atoms with Crippen LogP contribution in [0.25, 0.3) is 0 Å². The molecular formula is C17H25N3O2S. The smallest absolute Gasteiger partial charge is 0.243 e. The number of piperazine rings is 1. The molecule has 1 aromatic carbocycles. The number of sulfonamides is 1. The lowest BCUT2D eigenvalue weighted by Crippen LogP contribution is -2.50. The average molecular weight is 335 g/mol. The van der Waals surface area contributed by atoms with Crippen molar-refractivity contribution in [1.82, 2.24) is 9.21 Å². The van der Waals surface area contributed by atoms with E-state index in [1.54, 1.807) is 12.1 Å². The fraction of sp³-hybridized carbons (Fsp3) is 0.588. The Morgan fingerprint density at radius 2 is 1.70 bits per heavy atom. The summed E-state index contributed by atoms with van der Waals surface area (Å²) in [6.07, 6.45) is 1.03. The highest BCUT2D eigenvalue weighted by atomic mass is 32.2. The van der Waals surface area contributed by atoms with E-state index < -0.39 is 10.0 Å². The van der Waals surface area contributed by atoms with E-state index in [4.69, 9.17) is 5.26 Å². The third kappa shape index (κ3) is 3.92. The van der Waals surface area contributed by atoms with Crippen molar-refractivity contribution >= 4 is 10.0 Å². The molecule has 0 saturated carbocycles. The standard InChI is InChI=1S/C17H25N3O2S/c1-4-14(2)16-5-7-17(8-6-16)23(21,22)20-11-9-19(10-12-20)15(3)13-18/h5-8,14-15H,4,9-12H2,1-3H3/t14-,15-/m1/s1. The van der Waals surface area contributed by atoms with Crippen LogP contribution in [-0.4, -0.2) is 49.8 Å². The molecule has 0 amide bonds. The van der Waals surface area contributed by atoms with Crippen molar-refractivity contribution < 1.29 is 8.42 Å². The Hall–Kier alpha value is -1.42. The van der Waals surface area contributed by atoms with E-state index in [0.29, 0.717) is 37.0 Å². The number of hydrogen-bond acceptors (Lipinski definition) is 4. The Labute approximate surface area is 139 Å². The molecule has 1 saturated heterocycles. The molecule has 0 unspecified atom stereocenters. The quantitative estimate of drug-likeness (QED) is 0.829. The second-order valence-electron chi connectivity index (χ2n) is 6.12. The molecule has 1 aromatic rings. The molecule has 23 heavy (non-hydrogen) atoms. The second-order valence-corrected chi connectivity index (χ2v) is 8.06. The van der Waals surface area contributed by atoms with Crippen LogP contribution in [0.5, 0.6) is 0 Å². The molecule has 126 valence electrons. The van der Waals surface area contributed by atoms with Crippen LogP contribution in [-0.2, 0) is 10.0 Å². The van der Waals surface area contributed by atoms with E-state index in [0.717, 1.165) is 6.42 Å². The fourth-order valence-corrected chi connectivity index (χ4v) is 4.19. The predicted molar refractivity (Wildman–Crippen MR) is 90.6 cm³/mol. The van der Waals surface area contributed by atoms with Crippen molar-refractivity contribution in [3.05, 3.63) is 29.8 Å². The lowest BCUT2D eigenvalue weighted by molar-refractivity contribution is 0.169. The molecule has 1 fully saturated rings. The van der Waals surface area contributed by atoms with Gasteiger partial charge >= 0.3 is 0 Å². The van der Waals surface area contributed by atoms with Gasteiger partial charge in [-0.25, -0.2) is 8.42 Å². The topological polar surface area (TPSA) is 64.4 Å². The summed E-state index contributed by atoms with van der Waals surface area (Å²) >= 11 is 0. The highest BCUT2D eigenvalue weighted by molar-refractivity contribution is 7.89. The van der Waals surface area contributed by atoms with E-state index in [1.165, 1.54) is 9.87 Å². The summed E-state index contributed by atoms with van der Waals surface area (Å²) in [6.45, 7) is 8.16. The van der Waals surface area contributed by atoms with Crippen LogP contribution in [0.4, 0.5) is 0 Å². The molecule has 2 rings (SSSR count). The molecule has 1 aliphatic rings. The van der Waals surface area contributed by atoms with Crippen LogP contribution in [0.2, 0.25) is 0 Å². The minimum Gasteiger partial charge on any atom is -0.286 e. The molecule has 1 heterocycles. The zero-order chi connectivity index (χ0) is 17.0. The zero-order valence-corrected chi connectivity index (χ0v) is 14.9. The van der Waals surface area contributed by atoms with Crippen LogP contribution in [0.3, 0.4) is 0 Å². The van der Waals surface area contributed by atoms with Crippen LogP contribution < -0.4 is 0 Å². The van der Waals surface area contributed by atoms with Gasteiger partial charge in [0.1, 0.15) is 0 Å². The summed E-state index contributed by atoms with van der Waals surface area (Å²) in [5.41, 5.74) is 1.17. The zero-order valence-electron chi connectivity index (χ0n) is 14.1. The van der Waals surface area contributed by atoms with Gasteiger partial charge in [0, 0.05) is 26.2 Å². The highest BCUT2D eigenvalue weighted by Crippen LogP contribution is 2.23. The second kappa shape index (κ2) is 7.43. The number of rotatable bonds is 5. The van der Waals surface area contributed by atoms with Gasteiger partial charge in [0.25, 0.3) is 0 Å². The Balaban J connectivity index is 2.09. The lowest BCUT2D eigenvalue weighted by atomic mass is 9.99. The van der Waals surface area contributed by atoms with Crippen molar-refractivity contribution in [3.8, 4) is 6.07 Å². The normalized spacial score (nSPS) is 19.9. The van der Waals surface area contributed by atoms with Crippen molar-refractivity contribution in [2.75, 3.05) is 26.2 Å². The van der Waals surface area contributed by atoms with Crippen molar-refractivity contribution in [2.45, 2.75) is 44.0 Å². The first-order chi connectivity index (χ1) is 10.9. The van der Waals surface area contributed by atoms with Gasteiger partial charge in [0.05, 0.1) is 17.0 Å². The van der Waals surface area contributed by atoms with E-state index >= 15 is 0 Å². The number of nitriles is 1. The van der Waals surface area contributed by atoms with Crippen molar-refractivity contribution in [2.24, 2.45) is 0 Å². The molecule has 0 radical (unpaired) electrons. The molecule has 2 atom stereocenters. The maximum Gasteiger partial charge on any atom is 0.243 e. The first kappa shape index (κ1) is 17.9. The average Bonchev–Trinajstić information content (AvgIpc) is 2.60. The first-order valence-electron chi connectivity index (χ1n) is 8.14. The van der Waals surface area contributed by atoms with E-state index in [1.807, 2.05) is 24.0 Å². The minimum atomic E-state index is -3.44. The summed E-state index contributed by atoms with van der Waals surface area (Å²) in [5, 5.41) is 8.96. The molecule has 5 nitrogen and oxygen atoms in total. The van der Waals surface area contributed by atoms with Crippen LogP contribution in [0.15, 0.2) is 29.2 Å². The predicted octanol–water partition coefficient (Wildman–Crippen LogP) is 2.42. The molecule has 0 aromatic heterocycles. The molecule has 0 aliphatic carbocycles. The lowest BCUT2D eigenvalue weighted by Gasteiger charge is -2.35. The number of nitrogens with zero attached hydrogens (tertiary/aromatic N) is 3. The van der Waals surface area contributed by atoms with E-state index in [2.05, 4.69) is 19.9 Å². The number of benzene rings is 1. The van der Waals surface area contributed by atoms with Crippen LogP contribution in [0.1, 0.15) is 38.7 Å². The highest BCUT2D eigenvalue weighted by Gasteiger charge is 2.29. The monoisotopic (exact) mass is 335 g/mol. The molecule has 0 N–H and O–H groups in total. The molecule has 0 bridgehead atoms. The largest absolute Gasteiger partial charge is 0.286 e. The van der Waals surface area contributed by atoms with E-state index in [-0.39, 0.29) is 6.04 Å². The molecular weight excluding hydrogens is 310 g/mol. The maximum atomic E-state index is 12.7. The third-order valence-corrected chi connectivity index (χ3v) is 6.62. The Morgan fingerprint density at radius 3 is 2.17 bits per heavy atom. The fourth-order valence-electron chi connectivity index (χ4n) is 2.77. The van der Waals surface area contributed by atoms with Crippen LogP contribution in [0, 0.1) is 11.3 Å². The number of hydrogen-bond donors (Lipinski definition) is 0.